The zero-order valence-electron chi connectivity index (χ0n) is 14.0. The van der Waals surface area contributed by atoms with E-state index >= 15 is 0 Å². The Hall–Kier alpha value is -2.92. The molecular formula is C20H15ClN2O3. The number of rotatable bonds is 4. The second kappa shape index (κ2) is 6.42. The van der Waals surface area contributed by atoms with Gasteiger partial charge in [-0.25, -0.2) is 0 Å². The number of imide groups is 1. The molecule has 1 aliphatic heterocycles. The fraction of sp³-hybridized carbons (Fsp3) is 0.150. The van der Waals surface area contributed by atoms with Crippen molar-refractivity contribution in [3.8, 4) is 5.75 Å². The van der Waals surface area contributed by atoms with Crippen LogP contribution in [0.4, 0.5) is 0 Å². The SMILES string of the molecule is COc1ccc2ncc(CCN3C(=O)c4ccccc4C3=O)c(Cl)c2c1. The Labute approximate surface area is 155 Å². The Morgan fingerprint density at radius 1 is 1.08 bits per heavy atom. The van der Waals surface area contributed by atoms with Crippen LogP contribution in [0.25, 0.3) is 10.9 Å². The standard InChI is InChI=1S/C20H15ClN2O3/c1-26-13-6-7-17-16(10-13)18(21)12(11-22-17)8-9-23-19(24)14-4-2-3-5-15(14)20(23)25/h2-7,10-11H,8-9H2,1H3. The van der Waals surface area contributed by atoms with Gasteiger partial charge in [-0.05, 0) is 42.3 Å². The van der Waals surface area contributed by atoms with E-state index in [0.29, 0.717) is 28.3 Å². The number of hydrogen-bond donors (Lipinski definition) is 0. The fourth-order valence-electron chi connectivity index (χ4n) is 3.16. The summed E-state index contributed by atoms with van der Waals surface area (Å²) in [6.07, 6.45) is 2.12. The van der Waals surface area contributed by atoms with E-state index in [2.05, 4.69) is 4.98 Å². The lowest BCUT2D eigenvalue weighted by molar-refractivity contribution is 0.0656. The first-order valence-corrected chi connectivity index (χ1v) is 8.54. The number of nitrogens with zero attached hydrogens (tertiary/aromatic N) is 2. The van der Waals surface area contributed by atoms with Gasteiger partial charge >= 0.3 is 0 Å². The molecule has 0 radical (unpaired) electrons. The number of halogens is 1. The average Bonchev–Trinajstić information content (AvgIpc) is 2.92. The van der Waals surface area contributed by atoms with Crippen LogP contribution >= 0.6 is 11.6 Å². The lowest BCUT2D eigenvalue weighted by atomic mass is 10.1. The number of amides is 2. The molecule has 4 rings (SSSR count). The fourth-order valence-corrected chi connectivity index (χ4v) is 3.45. The number of fused-ring (bicyclic) bond motifs is 2. The van der Waals surface area contributed by atoms with Crippen LogP contribution in [0.2, 0.25) is 5.02 Å². The number of aromatic nitrogens is 1. The molecule has 2 amide bonds. The van der Waals surface area contributed by atoms with Gasteiger partial charge in [0.25, 0.3) is 11.8 Å². The van der Waals surface area contributed by atoms with Crippen LogP contribution in [0.3, 0.4) is 0 Å². The molecule has 5 nitrogen and oxygen atoms in total. The predicted molar refractivity (Wildman–Crippen MR) is 98.8 cm³/mol. The molecule has 0 bridgehead atoms. The highest BCUT2D eigenvalue weighted by Crippen LogP contribution is 2.30. The third-order valence-corrected chi connectivity index (χ3v) is 5.01. The summed E-state index contributed by atoms with van der Waals surface area (Å²) in [5, 5.41) is 1.34. The number of methoxy groups -OCH3 is 1. The van der Waals surface area contributed by atoms with Gasteiger partial charge < -0.3 is 4.74 Å². The molecule has 0 spiro atoms. The van der Waals surface area contributed by atoms with Gasteiger partial charge in [0.15, 0.2) is 0 Å². The van der Waals surface area contributed by atoms with Crippen LogP contribution in [-0.2, 0) is 6.42 Å². The number of carbonyl (C=O) groups is 2. The normalized spacial score (nSPS) is 13.4. The van der Waals surface area contributed by atoms with Crippen LogP contribution in [0.15, 0.2) is 48.7 Å². The van der Waals surface area contributed by atoms with Crippen molar-refractivity contribution in [2.45, 2.75) is 6.42 Å². The molecular weight excluding hydrogens is 352 g/mol. The highest BCUT2D eigenvalue weighted by atomic mass is 35.5. The quantitative estimate of drug-likeness (QED) is 0.660. The number of pyridine rings is 1. The van der Waals surface area contributed by atoms with Gasteiger partial charge in [-0.1, -0.05) is 23.7 Å². The van der Waals surface area contributed by atoms with E-state index < -0.39 is 0 Å². The average molecular weight is 367 g/mol. The molecule has 2 aromatic carbocycles. The van der Waals surface area contributed by atoms with Crippen molar-refractivity contribution in [3.05, 3.63) is 70.4 Å². The summed E-state index contributed by atoms with van der Waals surface area (Å²) in [6.45, 7) is 0.253. The molecule has 26 heavy (non-hydrogen) atoms. The zero-order valence-corrected chi connectivity index (χ0v) is 14.8. The van der Waals surface area contributed by atoms with Gasteiger partial charge in [0.05, 0.1) is 28.8 Å². The molecule has 0 unspecified atom stereocenters. The van der Waals surface area contributed by atoms with Gasteiger partial charge in [0, 0.05) is 18.1 Å². The van der Waals surface area contributed by atoms with Crippen molar-refractivity contribution in [1.29, 1.82) is 0 Å². The number of ether oxygens (including phenoxy) is 1. The van der Waals surface area contributed by atoms with Crippen molar-refractivity contribution in [2.24, 2.45) is 0 Å². The van der Waals surface area contributed by atoms with Gasteiger partial charge in [0.2, 0.25) is 0 Å². The highest BCUT2D eigenvalue weighted by molar-refractivity contribution is 6.36. The molecule has 3 aromatic rings. The first-order chi connectivity index (χ1) is 12.6. The third kappa shape index (κ3) is 2.61. The van der Waals surface area contributed by atoms with E-state index in [9.17, 15) is 9.59 Å². The molecule has 2 heterocycles. The lowest BCUT2D eigenvalue weighted by Gasteiger charge is -2.15. The summed E-state index contributed by atoms with van der Waals surface area (Å²) in [5.74, 6) is 0.160. The van der Waals surface area contributed by atoms with Crippen molar-refractivity contribution in [3.63, 3.8) is 0 Å². The molecule has 0 fully saturated rings. The summed E-state index contributed by atoms with van der Waals surface area (Å²) in [4.78, 5) is 30.6. The molecule has 0 aliphatic carbocycles. The van der Waals surface area contributed by atoms with Crippen LogP contribution < -0.4 is 4.74 Å². The summed E-state index contributed by atoms with van der Waals surface area (Å²) < 4.78 is 5.24. The Morgan fingerprint density at radius 2 is 1.77 bits per heavy atom. The molecule has 0 N–H and O–H groups in total. The van der Waals surface area contributed by atoms with Crippen LogP contribution in [0.1, 0.15) is 26.3 Å². The minimum absolute atomic E-state index is 0.253. The summed E-state index contributed by atoms with van der Waals surface area (Å²) in [7, 11) is 1.59. The van der Waals surface area contributed by atoms with E-state index in [1.165, 1.54) is 4.90 Å². The minimum Gasteiger partial charge on any atom is -0.497 e. The number of hydrogen-bond acceptors (Lipinski definition) is 4. The third-order valence-electron chi connectivity index (χ3n) is 4.56. The van der Waals surface area contributed by atoms with Crippen LogP contribution in [0.5, 0.6) is 5.75 Å². The molecule has 6 heteroatoms. The maximum atomic E-state index is 12.4. The number of benzene rings is 2. The van der Waals surface area contributed by atoms with Crippen LogP contribution in [0, 0.1) is 0 Å². The monoisotopic (exact) mass is 366 g/mol. The number of carbonyl (C=O) groups excluding carboxylic acids is 2. The lowest BCUT2D eigenvalue weighted by Crippen LogP contribution is -2.31. The maximum Gasteiger partial charge on any atom is 0.261 e. The maximum absolute atomic E-state index is 12.4. The van der Waals surface area contributed by atoms with Crippen molar-refractivity contribution < 1.29 is 14.3 Å². The summed E-state index contributed by atoms with van der Waals surface area (Å²) >= 11 is 6.53. The summed E-state index contributed by atoms with van der Waals surface area (Å²) in [6, 6.07) is 12.4. The van der Waals surface area contributed by atoms with E-state index in [4.69, 9.17) is 16.3 Å². The minimum atomic E-state index is -0.267. The van der Waals surface area contributed by atoms with E-state index in [0.717, 1.165) is 16.5 Å². The summed E-state index contributed by atoms with van der Waals surface area (Å²) in [5.41, 5.74) is 2.44. The predicted octanol–water partition coefficient (Wildman–Crippen LogP) is 3.74. The molecule has 130 valence electrons. The molecule has 0 saturated heterocycles. The van der Waals surface area contributed by atoms with Crippen molar-refractivity contribution in [2.75, 3.05) is 13.7 Å². The molecule has 1 aliphatic rings. The van der Waals surface area contributed by atoms with Crippen molar-refractivity contribution >= 4 is 34.3 Å². The van der Waals surface area contributed by atoms with Gasteiger partial charge in [-0.3, -0.25) is 19.5 Å². The Balaban J connectivity index is 1.60. The van der Waals surface area contributed by atoms with E-state index in [-0.39, 0.29) is 18.4 Å². The van der Waals surface area contributed by atoms with Crippen LogP contribution in [-0.4, -0.2) is 35.4 Å². The first kappa shape index (κ1) is 16.5. The Morgan fingerprint density at radius 3 is 2.42 bits per heavy atom. The van der Waals surface area contributed by atoms with Crippen molar-refractivity contribution in [1.82, 2.24) is 9.88 Å². The topological polar surface area (TPSA) is 59.5 Å². The van der Waals surface area contributed by atoms with E-state index in [1.807, 2.05) is 18.2 Å². The first-order valence-electron chi connectivity index (χ1n) is 8.16. The van der Waals surface area contributed by atoms with Gasteiger partial charge in [-0.2, -0.15) is 0 Å². The Kier molecular flexibility index (Phi) is 4.09. The molecule has 0 saturated carbocycles. The second-order valence-electron chi connectivity index (χ2n) is 6.04. The van der Waals surface area contributed by atoms with E-state index in [1.54, 1.807) is 37.6 Å². The Bertz CT molecular complexity index is 1010. The highest BCUT2D eigenvalue weighted by Gasteiger charge is 2.34. The van der Waals surface area contributed by atoms with Gasteiger partial charge in [0.1, 0.15) is 5.75 Å². The zero-order chi connectivity index (χ0) is 18.3. The largest absolute Gasteiger partial charge is 0.497 e. The smallest absolute Gasteiger partial charge is 0.261 e. The second-order valence-corrected chi connectivity index (χ2v) is 6.42. The van der Waals surface area contributed by atoms with Gasteiger partial charge in [-0.15, -0.1) is 0 Å². The molecule has 1 aromatic heterocycles. The molecule has 0 atom stereocenters.